The van der Waals surface area contributed by atoms with Crippen LogP contribution in [0.4, 0.5) is 11.4 Å². The molecule has 1 aliphatic rings. The van der Waals surface area contributed by atoms with E-state index in [1.54, 1.807) is 23.1 Å². The molecule has 9 heteroatoms. The highest BCUT2D eigenvalue weighted by Gasteiger charge is 2.24. The summed E-state index contributed by atoms with van der Waals surface area (Å²) in [7, 11) is 1.35. The summed E-state index contributed by atoms with van der Waals surface area (Å²) in [6.45, 7) is 1.22. The molecule has 0 unspecified atom stereocenters. The molecule has 0 fully saturated rings. The van der Waals surface area contributed by atoms with E-state index in [0.29, 0.717) is 36.9 Å². The van der Waals surface area contributed by atoms with Crippen molar-refractivity contribution in [1.29, 1.82) is 0 Å². The number of methoxy groups -OCH3 is 1. The zero-order valence-corrected chi connectivity index (χ0v) is 16.9. The van der Waals surface area contributed by atoms with Gasteiger partial charge in [-0.1, -0.05) is 6.07 Å². The van der Waals surface area contributed by atoms with Gasteiger partial charge in [-0.3, -0.25) is 14.9 Å². The molecule has 1 amide bonds. The molecule has 8 nitrogen and oxygen atoms in total. The van der Waals surface area contributed by atoms with Crippen LogP contribution >= 0.6 is 11.3 Å². The molecule has 2 heterocycles. The van der Waals surface area contributed by atoms with E-state index in [9.17, 15) is 14.9 Å². The van der Waals surface area contributed by atoms with Crippen molar-refractivity contribution in [1.82, 2.24) is 0 Å². The second-order valence-electron chi connectivity index (χ2n) is 6.44. The number of carbonyl (C=O) groups excluding carboxylic acids is 1. The number of benzene rings is 2. The van der Waals surface area contributed by atoms with Crippen molar-refractivity contribution in [2.24, 2.45) is 0 Å². The van der Waals surface area contributed by atoms with Crippen LogP contribution in [0.2, 0.25) is 0 Å². The maximum atomic E-state index is 13.4. The van der Waals surface area contributed by atoms with Gasteiger partial charge < -0.3 is 19.1 Å². The molecule has 3 aromatic rings. The van der Waals surface area contributed by atoms with Crippen LogP contribution in [-0.4, -0.2) is 31.2 Å². The SMILES string of the molecule is COc1ccc(C(=O)N(Cc2cccs2)c2ccc3c(c2)OCCO3)cc1[N+](=O)[O-]. The number of carbonyl (C=O) groups is 1. The van der Waals surface area contributed by atoms with Crippen LogP contribution in [-0.2, 0) is 6.54 Å². The molecule has 1 aromatic heterocycles. The molecule has 0 radical (unpaired) electrons. The minimum absolute atomic E-state index is 0.0979. The van der Waals surface area contributed by atoms with Crippen molar-refractivity contribution in [3.8, 4) is 17.2 Å². The first-order valence-electron chi connectivity index (χ1n) is 9.13. The molecule has 0 N–H and O–H groups in total. The number of hydrogen-bond donors (Lipinski definition) is 0. The minimum Gasteiger partial charge on any atom is -0.490 e. The number of rotatable bonds is 6. The zero-order chi connectivity index (χ0) is 21.1. The summed E-state index contributed by atoms with van der Waals surface area (Å²) in [5.74, 6) is 0.906. The first-order valence-corrected chi connectivity index (χ1v) is 10.0. The first-order chi connectivity index (χ1) is 14.6. The van der Waals surface area contributed by atoms with Crippen molar-refractivity contribution in [2.75, 3.05) is 25.2 Å². The third-order valence-electron chi connectivity index (χ3n) is 4.60. The summed E-state index contributed by atoms with van der Waals surface area (Å²) in [6.07, 6.45) is 0. The van der Waals surface area contributed by atoms with Crippen molar-refractivity contribution in [2.45, 2.75) is 6.54 Å². The lowest BCUT2D eigenvalue weighted by Gasteiger charge is -2.25. The molecule has 0 atom stereocenters. The Bertz CT molecular complexity index is 1080. The Kier molecular flexibility index (Phi) is 5.53. The van der Waals surface area contributed by atoms with Gasteiger partial charge in [0.2, 0.25) is 0 Å². The number of nitro groups is 1. The maximum absolute atomic E-state index is 13.4. The molecule has 30 heavy (non-hydrogen) atoms. The molecule has 2 aromatic carbocycles. The smallest absolute Gasteiger partial charge is 0.311 e. The average Bonchev–Trinajstić information content (AvgIpc) is 3.29. The fraction of sp³-hybridized carbons (Fsp3) is 0.190. The Morgan fingerprint density at radius 2 is 1.97 bits per heavy atom. The summed E-state index contributed by atoms with van der Waals surface area (Å²) in [5.41, 5.74) is 0.534. The van der Waals surface area contributed by atoms with Crippen molar-refractivity contribution in [3.63, 3.8) is 0 Å². The molecule has 0 bridgehead atoms. The number of amides is 1. The van der Waals surface area contributed by atoms with E-state index in [0.717, 1.165) is 4.88 Å². The third kappa shape index (κ3) is 3.92. The van der Waals surface area contributed by atoms with E-state index in [1.807, 2.05) is 17.5 Å². The van der Waals surface area contributed by atoms with Crippen LogP contribution in [0.1, 0.15) is 15.2 Å². The third-order valence-corrected chi connectivity index (χ3v) is 5.46. The van der Waals surface area contributed by atoms with E-state index >= 15 is 0 Å². The molecule has 0 saturated heterocycles. The highest BCUT2D eigenvalue weighted by atomic mass is 32.1. The Morgan fingerprint density at radius 3 is 2.67 bits per heavy atom. The van der Waals surface area contributed by atoms with E-state index in [1.165, 1.54) is 36.6 Å². The van der Waals surface area contributed by atoms with E-state index in [4.69, 9.17) is 14.2 Å². The summed E-state index contributed by atoms with van der Waals surface area (Å²) in [4.78, 5) is 26.8. The van der Waals surface area contributed by atoms with Crippen LogP contribution in [0.3, 0.4) is 0 Å². The number of hydrogen-bond acceptors (Lipinski definition) is 7. The molecular formula is C21H18N2O6S. The van der Waals surface area contributed by atoms with Crippen LogP contribution in [0.5, 0.6) is 17.2 Å². The van der Waals surface area contributed by atoms with Gasteiger partial charge in [-0.15, -0.1) is 11.3 Å². The maximum Gasteiger partial charge on any atom is 0.311 e. The lowest BCUT2D eigenvalue weighted by Crippen LogP contribution is -2.30. The fourth-order valence-corrected chi connectivity index (χ4v) is 3.85. The Balaban J connectivity index is 1.74. The molecule has 0 saturated carbocycles. The van der Waals surface area contributed by atoms with Crippen LogP contribution in [0.25, 0.3) is 0 Å². The number of fused-ring (bicyclic) bond motifs is 1. The Hall–Kier alpha value is -3.59. The predicted molar refractivity (Wildman–Crippen MR) is 112 cm³/mol. The highest BCUT2D eigenvalue weighted by molar-refractivity contribution is 7.09. The number of nitro benzene ring substituents is 1. The second kappa shape index (κ2) is 8.42. The number of ether oxygens (including phenoxy) is 3. The lowest BCUT2D eigenvalue weighted by atomic mass is 10.1. The lowest BCUT2D eigenvalue weighted by molar-refractivity contribution is -0.385. The van der Waals surface area contributed by atoms with Gasteiger partial charge in [-0.25, -0.2) is 0 Å². The van der Waals surface area contributed by atoms with Gasteiger partial charge >= 0.3 is 5.69 Å². The van der Waals surface area contributed by atoms with Crippen molar-refractivity contribution >= 4 is 28.6 Å². The second-order valence-corrected chi connectivity index (χ2v) is 7.47. The van der Waals surface area contributed by atoms with E-state index < -0.39 is 4.92 Å². The number of anilines is 1. The quantitative estimate of drug-likeness (QED) is 0.432. The molecule has 0 aliphatic carbocycles. The standard InChI is InChI=1S/C21H18N2O6S/c1-27-18-6-4-14(11-17(18)23(25)26)21(24)22(13-16-3-2-10-30-16)15-5-7-19-20(12-15)29-9-8-28-19/h2-7,10-12H,8-9,13H2,1H3. The monoisotopic (exact) mass is 426 g/mol. The van der Waals surface area contributed by atoms with Crippen LogP contribution < -0.4 is 19.1 Å². The minimum atomic E-state index is -0.566. The molecule has 1 aliphatic heterocycles. The fourth-order valence-electron chi connectivity index (χ4n) is 3.16. The van der Waals surface area contributed by atoms with Crippen molar-refractivity contribution < 1.29 is 23.9 Å². The van der Waals surface area contributed by atoms with Gasteiger partial charge in [0.25, 0.3) is 5.91 Å². The highest BCUT2D eigenvalue weighted by Crippen LogP contribution is 2.36. The molecule has 4 rings (SSSR count). The summed E-state index contributed by atoms with van der Waals surface area (Å²) in [6, 6.07) is 13.3. The van der Waals surface area contributed by atoms with Gasteiger partial charge in [0.05, 0.1) is 18.6 Å². The summed E-state index contributed by atoms with van der Waals surface area (Å²) < 4.78 is 16.2. The molecule has 0 spiro atoms. The largest absolute Gasteiger partial charge is 0.490 e. The number of nitrogens with zero attached hydrogens (tertiary/aromatic N) is 2. The van der Waals surface area contributed by atoms with Gasteiger partial charge in [0, 0.05) is 28.3 Å². The normalized spacial score (nSPS) is 12.3. The predicted octanol–water partition coefficient (Wildman–Crippen LogP) is 4.28. The Labute approximate surface area is 176 Å². The van der Waals surface area contributed by atoms with Gasteiger partial charge in [-0.05, 0) is 35.7 Å². The zero-order valence-electron chi connectivity index (χ0n) is 16.1. The molecular weight excluding hydrogens is 408 g/mol. The molecule has 154 valence electrons. The van der Waals surface area contributed by atoms with Gasteiger partial charge in [0.1, 0.15) is 13.2 Å². The van der Waals surface area contributed by atoms with E-state index in [-0.39, 0.29) is 22.9 Å². The topological polar surface area (TPSA) is 91.1 Å². The van der Waals surface area contributed by atoms with Crippen LogP contribution in [0, 0.1) is 10.1 Å². The number of thiophene rings is 1. The summed E-state index contributed by atoms with van der Waals surface area (Å²) in [5, 5.41) is 13.3. The van der Waals surface area contributed by atoms with Crippen LogP contribution in [0.15, 0.2) is 53.9 Å². The average molecular weight is 426 g/mol. The van der Waals surface area contributed by atoms with E-state index in [2.05, 4.69) is 0 Å². The van der Waals surface area contributed by atoms with Gasteiger partial charge in [0.15, 0.2) is 17.2 Å². The first kappa shape index (κ1) is 19.7. The van der Waals surface area contributed by atoms with Gasteiger partial charge in [-0.2, -0.15) is 0 Å². The summed E-state index contributed by atoms with van der Waals surface area (Å²) >= 11 is 1.52. The Morgan fingerprint density at radius 1 is 1.17 bits per heavy atom. The van der Waals surface area contributed by atoms with Crippen molar-refractivity contribution in [3.05, 3.63) is 74.5 Å².